The van der Waals surface area contributed by atoms with Gasteiger partial charge in [-0.05, 0) is 32.0 Å². The van der Waals surface area contributed by atoms with Crippen LogP contribution in [-0.2, 0) is 9.53 Å². The molecule has 2 rings (SSSR count). The molecule has 0 atom stereocenters. The van der Waals surface area contributed by atoms with Gasteiger partial charge in [0.15, 0.2) is 0 Å². The van der Waals surface area contributed by atoms with Crippen LogP contribution in [0.1, 0.15) is 12.8 Å². The maximum atomic E-state index is 12.8. The van der Waals surface area contributed by atoms with Crippen LogP contribution < -0.4 is 15.5 Å². The summed E-state index contributed by atoms with van der Waals surface area (Å²) < 4.78 is 5.31. The summed E-state index contributed by atoms with van der Waals surface area (Å²) in [5.41, 5.74) is 1.22. The normalized spacial score (nSPS) is 17.3. The first kappa shape index (κ1) is 15.7. The molecule has 0 aliphatic carbocycles. The summed E-state index contributed by atoms with van der Waals surface area (Å²) in [6.45, 7) is 2.12. The Kier molecular flexibility index (Phi) is 5.14. The van der Waals surface area contributed by atoms with E-state index in [0.717, 1.165) is 37.3 Å². The minimum absolute atomic E-state index is 0.0157. The molecule has 0 bridgehead atoms. The molecule has 0 unspecified atom stereocenters. The lowest BCUT2D eigenvalue weighted by atomic mass is 9.78. The van der Waals surface area contributed by atoms with Crippen molar-refractivity contribution >= 4 is 17.3 Å². The summed E-state index contributed by atoms with van der Waals surface area (Å²) in [6, 6.07) is 1.89. The molecule has 2 heterocycles. The maximum absolute atomic E-state index is 12.8. The van der Waals surface area contributed by atoms with Gasteiger partial charge in [0.05, 0.1) is 29.6 Å². The molecule has 21 heavy (non-hydrogen) atoms. The Morgan fingerprint density at radius 3 is 2.81 bits per heavy atom. The van der Waals surface area contributed by atoms with E-state index in [4.69, 9.17) is 4.74 Å². The number of pyridine rings is 1. The number of carbonyl (C=O) groups is 1. The summed E-state index contributed by atoms with van der Waals surface area (Å²) in [5, 5.41) is 6.33. The first-order valence-electron chi connectivity index (χ1n) is 7.21. The molecule has 6 heteroatoms. The Morgan fingerprint density at radius 1 is 1.48 bits per heavy atom. The van der Waals surface area contributed by atoms with E-state index < -0.39 is 5.41 Å². The first-order chi connectivity index (χ1) is 10.1. The summed E-state index contributed by atoms with van der Waals surface area (Å²) in [7, 11) is 5.53. The van der Waals surface area contributed by atoms with E-state index in [1.807, 2.05) is 25.1 Å². The van der Waals surface area contributed by atoms with Crippen LogP contribution in [0.25, 0.3) is 0 Å². The van der Waals surface area contributed by atoms with E-state index in [1.54, 1.807) is 19.5 Å². The van der Waals surface area contributed by atoms with Gasteiger partial charge in [0, 0.05) is 27.4 Å². The smallest absolute Gasteiger partial charge is 0.233 e. The number of nitrogens with zero attached hydrogens (tertiary/aromatic N) is 2. The van der Waals surface area contributed by atoms with Gasteiger partial charge in [-0.1, -0.05) is 0 Å². The highest BCUT2D eigenvalue weighted by molar-refractivity contribution is 5.98. The fraction of sp³-hybridized carbons (Fsp3) is 0.600. The van der Waals surface area contributed by atoms with Gasteiger partial charge in [-0.15, -0.1) is 0 Å². The number of anilines is 2. The zero-order valence-corrected chi connectivity index (χ0v) is 13.0. The lowest BCUT2D eigenvalue weighted by Crippen LogP contribution is -2.47. The second-order valence-corrected chi connectivity index (χ2v) is 5.70. The van der Waals surface area contributed by atoms with Crippen molar-refractivity contribution in [1.29, 1.82) is 0 Å². The van der Waals surface area contributed by atoms with Crippen molar-refractivity contribution in [2.24, 2.45) is 5.41 Å². The van der Waals surface area contributed by atoms with Crippen molar-refractivity contribution in [3.05, 3.63) is 18.5 Å². The Morgan fingerprint density at radius 2 is 2.19 bits per heavy atom. The van der Waals surface area contributed by atoms with E-state index in [9.17, 15) is 4.79 Å². The zero-order chi connectivity index (χ0) is 15.3. The van der Waals surface area contributed by atoms with E-state index >= 15 is 0 Å². The first-order valence-corrected chi connectivity index (χ1v) is 7.21. The summed E-state index contributed by atoms with van der Waals surface area (Å²) >= 11 is 0. The molecule has 0 spiro atoms. The zero-order valence-electron chi connectivity index (χ0n) is 13.0. The molecular weight excluding hydrogens is 268 g/mol. The van der Waals surface area contributed by atoms with Crippen LogP contribution >= 0.6 is 0 Å². The topological polar surface area (TPSA) is 66.5 Å². The van der Waals surface area contributed by atoms with Crippen LogP contribution in [0.3, 0.4) is 0 Å². The Hall–Kier alpha value is -1.66. The molecule has 1 aliphatic heterocycles. The molecule has 116 valence electrons. The lowest BCUT2D eigenvalue weighted by Gasteiger charge is -2.35. The fourth-order valence-electron chi connectivity index (χ4n) is 2.75. The van der Waals surface area contributed by atoms with Crippen LogP contribution in [0.2, 0.25) is 0 Å². The molecule has 0 radical (unpaired) electrons. The molecule has 1 aromatic rings. The quantitative estimate of drug-likeness (QED) is 0.851. The number of nitrogens with one attached hydrogen (secondary N) is 2. The van der Waals surface area contributed by atoms with Gasteiger partial charge in [0.1, 0.15) is 0 Å². The Labute approximate surface area is 125 Å². The lowest BCUT2D eigenvalue weighted by molar-refractivity contribution is -0.130. The van der Waals surface area contributed by atoms with Crippen molar-refractivity contribution in [2.45, 2.75) is 12.8 Å². The molecule has 0 aromatic carbocycles. The van der Waals surface area contributed by atoms with Crippen LogP contribution in [0.15, 0.2) is 18.5 Å². The van der Waals surface area contributed by atoms with Crippen LogP contribution in [0.5, 0.6) is 0 Å². The number of ether oxygens (including phenoxy) is 1. The number of amides is 1. The standard InChI is InChI=1S/C15H24N4O2/c1-19(2)13-4-7-17-10-12(13)18-14(20)15(11-21-3)5-8-16-9-6-15/h4,7,10,16H,5-6,8-9,11H2,1-3H3,(H,18,20). The molecule has 6 nitrogen and oxygen atoms in total. The van der Waals surface area contributed by atoms with Gasteiger partial charge in [0.25, 0.3) is 0 Å². The van der Waals surface area contributed by atoms with E-state index in [2.05, 4.69) is 15.6 Å². The summed E-state index contributed by atoms with van der Waals surface area (Å²) in [4.78, 5) is 18.9. The second kappa shape index (κ2) is 6.87. The minimum atomic E-state index is -0.459. The van der Waals surface area contributed by atoms with Crippen molar-refractivity contribution < 1.29 is 9.53 Å². The van der Waals surface area contributed by atoms with Crippen molar-refractivity contribution in [3.63, 3.8) is 0 Å². The van der Waals surface area contributed by atoms with Crippen molar-refractivity contribution in [1.82, 2.24) is 10.3 Å². The SMILES string of the molecule is COCC1(C(=O)Nc2cnccc2N(C)C)CCNCC1. The predicted octanol–water partition coefficient (Wildman–Crippen LogP) is 1.10. The van der Waals surface area contributed by atoms with E-state index in [-0.39, 0.29) is 5.91 Å². The number of hydrogen-bond acceptors (Lipinski definition) is 5. The third kappa shape index (κ3) is 3.51. The van der Waals surface area contributed by atoms with Gasteiger partial charge < -0.3 is 20.3 Å². The minimum Gasteiger partial charge on any atom is -0.384 e. The number of aromatic nitrogens is 1. The fourth-order valence-corrected chi connectivity index (χ4v) is 2.75. The summed E-state index contributed by atoms with van der Waals surface area (Å²) in [5.74, 6) is 0.0157. The number of hydrogen-bond donors (Lipinski definition) is 2. The molecule has 1 fully saturated rings. The van der Waals surface area contributed by atoms with Gasteiger partial charge in [-0.25, -0.2) is 0 Å². The van der Waals surface area contributed by atoms with Gasteiger partial charge >= 0.3 is 0 Å². The van der Waals surface area contributed by atoms with Crippen LogP contribution in [0, 0.1) is 5.41 Å². The molecule has 1 aromatic heterocycles. The molecular formula is C15H24N4O2. The predicted molar refractivity (Wildman–Crippen MR) is 83.6 cm³/mol. The number of rotatable bonds is 5. The van der Waals surface area contributed by atoms with Gasteiger partial charge in [-0.3, -0.25) is 9.78 Å². The maximum Gasteiger partial charge on any atom is 0.233 e. The molecule has 1 aliphatic rings. The highest BCUT2D eigenvalue weighted by atomic mass is 16.5. The third-order valence-electron chi connectivity index (χ3n) is 3.99. The molecule has 0 saturated carbocycles. The molecule has 1 saturated heterocycles. The van der Waals surface area contributed by atoms with Crippen molar-refractivity contribution in [3.8, 4) is 0 Å². The number of methoxy groups -OCH3 is 1. The average Bonchev–Trinajstić information content (AvgIpc) is 2.49. The Bertz CT molecular complexity index is 479. The van der Waals surface area contributed by atoms with Gasteiger partial charge in [0.2, 0.25) is 5.91 Å². The van der Waals surface area contributed by atoms with Crippen molar-refractivity contribution in [2.75, 3.05) is 51.1 Å². The average molecular weight is 292 g/mol. The summed E-state index contributed by atoms with van der Waals surface area (Å²) in [6.07, 6.45) is 4.98. The van der Waals surface area contributed by atoms with E-state index in [0.29, 0.717) is 6.61 Å². The third-order valence-corrected chi connectivity index (χ3v) is 3.99. The van der Waals surface area contributed by atoms with E-state index in [1.165, 1.54) is 0 Å². The second-order valence-electron chi connectivity index (χ2n) is 5.70. The largest absolute Gasteiger partial charge is 0.384 e. The highest BCUT2D eigenvalue weighted by Crippen LogP contribution is 2.32. The Balaban J connectivity index is 2.19. The van der Waals surface area contributed by atoms with Crippen LogP contribution in [-0.4, -0.2) is 51.8 Å². The molecule has 2 N–H and O–H groups in total. The number of piperidine rings is 1. The van der Waals surface area contributed by atoms with Crippen LogP contribution in [0.4, 0.5) is 11.4 Å². The monoisotopic (exact) mass is 292 g/mol. The number of carbonyl (C=O) groups excluding carboxylic acids is 1. The van der Waals surface area contributed by atoms with Gasteiger partial charge in [-0.2, -0.15) is 0 Å². The molecule has 1 amide bonds. The highest BCUT2D eigenvalue weighted by Gasteiger charge is 2.39.